The quantitative estimate of drug-likeness (QED) is 0.350. The maximum Gasteiger partial charge on any atom is 0.340 e. The highest BCUT2D eigenvalue weighted by Crippen LogP contribution is 2.36. The molecule has 0 fully saturated rings. The minimum Gasteiger partial charge on any atom is -0.507 e. The van der Waals surface area contributed by atoms with Crippen LogP contribution in [0.3, 0.4) is 0 Å². The summed E-state index contributed by atoms with van der Waals surface area (Å²) >= 11 is 0. The SMILES string of the molecule is COc1cc(C=Cc2ccc(F)cc2)c(C(=O)O)c(O)c1C/C=C(\C)CCC=C(C)C. The number of allylic oxidation sites excluding steroid dienone is 4. The number of methoxy groups -OCH3 is 1. The standard InChI is InChI=1S/C26H29FO4/c1-17(2)6-5-7-18(3)8-15-22-23(31-4)16-20(24(25(22)28)26(29)30)12-9-19-10-13-21(27)14-11-19/h6,8-14,16,28H,5,7,15H2,1-4H3,(H,29,30)/b12-9?,18-8+. The Kier molecular flexibility index (Phi) is 8.62. The molecule has 0 spiro atoms. The molecule has 2 aromatic rings. The summed E-state index contributed by atoms with van der Waals surface area (Å²) in [7, 11) is 1.48. The summed E-state index contributed by atoms with van der Waals surface area (Å²) in [5, 5.41) is 20.5. The van der Waals surface area contributed by atoms with Gasteiger partial charge in [-0.05, 0) is 69.4 Å². The Balaban J connectivity index is 2.38. The fourth-order valence-corrected chi connectivity index (χ4v) is 3.17. The van der Waals surface area contributed by atoms with Crippen LogP contribution in [0.25, 0.3) is 12.2 Å². The van der Waals surface area contributed by atoms with Crippen molar-refractivity contribution in [1.29, 1.82) is 0 Å². The second-order valence-corrected chi connectivity index (χ2v) is 7.64. The molecule has 0 aromatic heterocycles. The number of phenols is 1. The third-order valence-corrected chi connectivity index (χ3v) is 4.90. The molecule has 2 rings (SSSR count). The zero-order valence-corrected chi connectivity index (χ0v) is 18.4. The van der Waals surface area contributed by atoms with Gasteiger partial charge in [-0.25, -0.2) is 9.18 Å². The number of halogens is 1. The van der Waals surface area contributed by atoms with Crippen LogP contribution in [0.2, 0.25) is 0 Å². The normalized spacial score (nSPS) is 11.6. The smallest absolute Gasteiger partial charge is 0.340 e. The molecule has 0 radical (unpaired) electrons. The molecule has 2 aromatic carbocycles. The Bertz CT molecular complexity index is 1010. The Hall–Kier alpha value is -3.34. The van der Waals surface area contributed by atoms with Crippen molar-refractivity contribution < 1.29 is 24.1 Å². The first-order valence-corrected chi connectivity index (χ1v) is 10.1. The number of aromatic hydroxyl groups is 1. The molecular formula is C26H29FO4. The van der Waals surface area contributed by atoms with E-state index in [1.54, 1.807) is 30.4 Å². The van der Waals surface area contributed by atoms with Crippen LogP contribution >= 0.6 is 0 Å². The van der Waals surface area contributed by atoms with E-state index in [9.17, 15) is 19.4 Å². The molecule has 0 atom stereocenters. The van der Waals surface area contributed by atoms with Gasteiger partial charge in [0, 0.05) is 5.56 Å². The summed E-state index contributed by atoms with van der Waals surface area (Å²) in [6.45, 7) is 6.13. The van der Waals surface area contributed by atoms with Gasteiger partial charge in [-0.3, -0.25) is 0 Å². The molecule has 0 saturated carbocycles. The van der Waals surface area contributed by atoms with Crippen molar-refractivity contribution in [3.8, 4) is 11.5 Å². The summed E-state index contributed by atoms with van der Waals surface area (Å²) in [6, 6.07) is 7.42. The predicted molar refractivity (Wildman–Crippen MR) is 123 cm³/mol. The maximum atomic E-state index is 13.1. The van der Waals surface area contributed by atoms with Gasteiger partial charge >= 0.3 is 5.97 Å². The van der Waals surface area contributed by atoms with E-state index in [1.807, 2.05) is 13.0 Å². The minimum atomic E-state index is -1.23. The average Bonchev–Trinajstić information content (AvgIpc) is 2.71. The molecule has 4 nitrogen and oxygen atoms in total. The van der Waals surface area contributed by atoms with E-state index in [1.165, 1.54) is 24.8 Å². The predicted octanol–water partition coefficient (Wildman–Crippen LogP) is 6.64. The number of hydrogen-bond donors (Lipinski definition) is 2. The zero-order chi connectivity index (χ0) is 23.0. The van der Waals surface area contributed by atoms with Crippen molar-refractivity contribution in [2.75, 3.05) is 7.11 Å². The van der Waals surface area contributed by atoms with Crippen LogP contribution in [0.5, 0.6) is 11.5 Å². The monoisotopic (exact) mass is 424 g/mol. The van der Waals surface area contributed by atoms with Crippen LogP contribution in [0, 0.1) is 5.82 Å². The van der Waals surface area contributed by atoms with E-state index in [-0.39, 0.29) is 17.1 Å². The van der Waals surface area contributed by atoms with Gasteiger partial charge in [0.25, 0.3) is 0 Å². The Morgan fingerprint density at radius 1 is 1.10 bits per heavy atom. The first kappa shape index (κ1) is 23.9. The second kappa shape index (κ2) is 11.2. The molecule has 0 bridgehead atoms. The fourth-order valence-electron chi connectivity index (χ4n) is 3.17. The van der Waals surface area contributed by atoms with Gasteiger partial charge in [-0.2, -0.15) is 0 Å². The van der Waals surface area contributed by atoms with E-state index in [2.05, 4.69) is 19.9 Å². The van der Waals surface area contributed by atoms with Gasteiger partial charge in [0.2, 0.25) is 0 Å². The molecule has 0 amide bonds. The van der Waals surface area contributed by atoms with Gasteiger partial charge in [0.05, 0.1) is 7.11 Å². The molecule has 0 aliphatic rings. The number of carboxylic acids is 1. The second-order valence-electron chi connectivity index (χ2n) is 7.64. The molecule has 0 aliphatic carbocycles. The highest BCUT2D eigenvalue weighted by Gasteiger charge is 2.21. The molecular weight excluding hydrogens is 395 g/mol. The highest BCUT2D eigenvalue weighted by atomic mass is 19.1. The van der Waals surface area contributed by atoms with Crippen molar-refractivity contribution in [3.05, 3.63) is 81.7 Å². The van der Waals surface area contributed by atoms with Gasteiger partial charge in [-0.1, -0.05) is 47.6 Å². The Labute approximate surface area is 183 Å². The summed E-state index contributed by atoms with van der Waals surface area (Å²) < 4.78 is 18.5. The van der Waals surface area contributed by atoms with Gasteiger partial charge in [0.15, 0.2) is 0 Å². The zero-order valence-electron chi connectivity index (χ0n) is 18.4. The largest absolute Gasteiger partial charge is 0.507 e. The molecule has 0 heterocycles. The minimum absolute atomic E-state index is 0.190. The number of aromatic carboxylic acids is 1. The molecule has 0 saturated heterocycles. The number of rotatable bonds is 9. The van der Waals surface area contributed by atoms with E-state index < -0.39 is 5.97 Å². The van der Waals surface area contributed by atoms with Gasteiger partial charge in [-0.15, -0.1) is 0 Å². The van der Waals surface area contributed by atoms with Crippen molar-refractivity contribution in [3.63, 3.8) is 0 Å². The lowest BCUT2D eigenvalue weighted by Gasteiger charge is -2.14. The Morgan fingerprint density at radius 3 is 2.35 bits per heavy atom. The number of carboxylic acid groups (broad SMARTS) is 1. The van der Waals surface area contributed by atoms with Crippen LogP contribution in [0.15, 0.2) is 53.6 Å². The van der Waals surface area contributed by atoms with Crippen LogP contribution in [0.1, 0.15) is 60.7 Å². The lowest BCUT2D eigenvalue weighted by Crippen LogP contribution is -2.04. The summed E-state index contributed by atoms with van der Waals surface area (Å²) in [4.78, 5) is 11.9. The molecule has 5 heteroatoms. The average molecular weight is 425 g/mol. The topological polar surface area (TPSA) is 66.8 Å². The van der Waals surface area contributed by atoms with Crippen LogP contribution < -0.4 is 4.74 Å². The van der Waals surface area contributed by atoms with Gasteiger partial charge < -0.3 is 14.9 Å². The summed E-state index contributed by atoms with van der Waals surface area (Å²) in [5.74, 6) is -1.48. The van der Waals surface area contributed by atoms with Crippen LogP contribution in [-0.2, 0) is 6.42 Å². The molecule has 0 aliphatic heterocycles. The van der Waals surface area contributed by atoms with Gasteiger partial charge in [0.1, 0.15) is 22.9 Å². The number of carbonyl (C=O) groups is 1. The number of benzene rings is 2. The Morgan fingerprint density at radius 2 is 1.77 bits per heavy atom. The van der Waals surface area contributed by atoms with Crippen molar-refractivity contribution >= 4 is 18.1 Å². The summed E-state index contributed by atoms with van der Waals surface area (Å²) in [5.41, 5.74) is 3.66. The lowest BCUT2D eigenvalue weighted by molar-refractivity contribution is 0.0693. The third-order valence-electron chi connectivity index (χ3n) is 4.90. The van der Waals surface area contributed by atoms with Crippen molar-refractivity contribution in [1.82, 2.24) is 0 Å². The fraction of sp³-hybridized carbons (Fsp3) is 0.269. The van der Waals surface area contributed by atoms with Crippen LogP contribution in [0.4, 0.5) is 4.39 Å². The van der Waals surface area contributed by atoms with Crippen molar-refractivity contribution in [2.45, 2.75) is 40.0 Å². The molecule has 164 valence electrons. The number of ether oxygens (including phenoxy) is 1. The molecule has 0 unspecified atom stereocenters. The van der Waals surface area contributed by atoms with Crippen LogP contribution in [-0.4, -0.2) is 23.3 Å². The lowest BCUT2D eigenvalue weighted by atomic mass is 9.97. The van der Waals surface area contributed by atoms with E-state index in [0.717, 1.165) is 18.4 Å². The highest BCUT2D eigenvalue weighted by molar-refractivity contribution is 5.97. The first-order chi connectivity index (χ1) is 14.7. The number of hydrogen-bond acceptors (Lipinski definition) is 3. The van der Waals surface area contributed by atoms with E-state index in [4.69, 9.17) is 4.74 Å². The van der Waals surface area contributed by atoms with Crippen molar-refractivity contribution in [2.24, 2.45) is 0 Å². The maximum absolute atomic E-state index is 13.1. The third kappa shape index (κ3) is 6.85. The van der Waals surface area contributed by atoms with E-state index >= 15 is 0 Å². The van der Waals surface area contributed by atoms with E-state index in [0.29, 0.717) is 28.9 Å². The first-order valence-electron chi connectivity index (χ1n) is 10.1. The molecule has 31 heavy (non-hydrogen) atoms. The molecule has 2 N–H and O–H groups in total. The summed E-state index contributed by atoms with van der Waals surface area (Å²) in [6.07, 6.45) is 9.56.